The van der Waals surface area contributed by atoms with E-state index in [2.05, 4.69) is 10.6 Å². The molecule has 106 valence electrons. The van der Waals surface area contributed by atoms with Gasteiger partial charge in [-0.1, -0.05) is 0 Å². The van der Waals surface area contributed by atoms with Crippen LogP contribution in [0.15, 0.2) is 0 Å². The van der Waals surface area contributed by atoms with Gasteiger partial charge in [-0.05, 0) is 0 Å². The van der Waals surface area contributed by atoms with Crippen LogP contribution in [0.2, 0.25) is 0 Å². The van der Waals surface area contributed by atoms with Crippen molar-refractivity contribution in [1.82, 2.24) is 15.5 Å². The number of piperazine rings is 1. The zero-order chi connectivity index (χ0) is 13.8. The molecule has 2 atom stereocenters. The van der Waals surface area contributed by atoms with Gasteiger partial charge in [0.2, 0.25) is 11.8 Å². The van der Waals surface area contributed by atoms with E-state index in [0.29, 0.717) is 13.2 Å². The average Bonchev–Trinajstić information content (AvgIpc) is 2.38. The lowest BCUT2D eigenvalue weighted by atomic mass is 10.1. The molecule has 2 aliphatic heterocycles. The highest BCUT2D eigenvalue weighted by molar-refractivity contribution is 5.86. The van der Waals surface area contributed by atoms with E-state index >= 15 is 0 Å². The average molecular weight is 271 g/mol. The van der Waals surface area contributed by atoms with Crippen molar-refractivity contribution >= 4 is 17.8 Å². The van der Waals surface area contributed by atoms with Gasteiger partial charge >= 0.3 is 5.97 Å². The highest BCUT2D eigenvalue weighted by atomic mass is 16.5. The molecule has 2 unspecified atom stereocenters. The van der Waals surface area contributed by atoms with Gasteiger partial charge in [0.25, 0.3) is 0 Å². The summed E-state index contributed by atoms with van der Waals surface area (Å²) in [6, 6.07) is -0.443. The Morgan fingerprint density at radius 1 is 1.47 bits per heavy atom. The monoisotopic (exact) mass is 271 g/mol. The third-order valence-electron chi connectivity index (χ3n) is 3.16. The molecule has 2 amide bonds. The lowest BCUT2D eigenvalue weighted by Crippen LogP contribution is -2.60. The van der Waals surface area contributed by atoms with Crippen molar-refractivity contribution in [1.29, 1.82) is 0 Å². The third kappa shape index (κ3) is 3.65. The first kappa shape index (κ1) is 13.8. The molecular weight excluding hydrogens is 254 g/mol. The van der Waals surface area contributed by atoms with Crippen molar-refractivity contribution < 1.29 is 24.2 Å². The SMILES string of the molecule is O=C(O)CC1CN(C(=O)C2CNC(=O)CN2)CCO1. The number of rotatable bonds is 3. The maximum Gasteiger partial charge on any atom is 0.306 e. The van der Waals surface area contributed by atoms with Crippen molar-refractivity contribution in [2.45, 2.75) is 18.6 Å². The van der Waals surface area contributed by atoms with Crippen LogP contribution in [0.3, 0.4) is 0 Å². The molecule has 2 fully saturated rings. The Labute approximate surface area is 110 Å². The summed E-state index contributed by atoms with van der Waals surface area (Å²) >= 11 is 0. The van der Waals surface area contributed by atoms with Gasteiger partial charge in [-0.15, -0.1) is 0 Å². The minimum Gasteiger partial charge on any atom is -0.481 e. The van der Waals surface area contributed by atoms with Crippen LogP contribution in [-0.2, 0) is 19.1 Å². The van der Waals surface area contributed by atoms with E-state index in [4.69, 9.17) is 9.84 Å². The fraction of sp³-hybridized carbons (Fsp3) is 0.727. The predicted molar refractivity (Wildman–Crippen MR) is 63.4 cm³/mol. The number of morpholine rings is 1. The number of ether oxygens (including phenoxy) is 1. The lowest BCUT2D eigenvalue weighted by Gasteiger charge is -2.35. The number of carbonyl (C=O) groups is 3. The topological polar surface area (TPSA) is 108 Å². The number of carboxylic acids is 1. The van der Waals surface area contributed by atoms with Crippen molar-refractivity contribution in [2.24, 2.45) is 0 Å². The minimum absolute atomic E-state index is 0.112. The summed E-state index contributed by atoms with van der Waals surface area (Å²) in [5.41, 5.74) is 0. The maximum absolute atomic E-state index is 12.2. The van der Waals surface area contributed by atoms with E-state index in [1.165, 1.54) is 0 Å². The smallest absolute Gasteiger partial charge is 0.306 e. The molecule has 8 nitrogen and oxygen atoms in total. The molecule has 0 aliphatic carbocycles. The normalized spacial score (nSPS) is 27.8. The van der Waals surface area contributed by atoms with E-state index < -0.39 is 18.1 Å². The summed E-state index contributed by atoms with van der Waals surface area (Å²) in [7, 11) is 0. The molecule has 3 N–H and O–H groups in total. The van der Waals surface area contributed by atoms with Gasteiger partial charge < -0.3 is 20.1 Å². The highest BCUT2D eigenvalue weighted by Crippen LogP contribution is 2.10. The zero-order valence-corrected chi connectivity index (χ0v) is 10.4. The minimum atomic E-state index is -0.942. The van der Waals surface area contributed by atoms with Crippen molar-refractivity contribution in [2.75, 3.05) is 32.8 Å². The van der Waals surface area contributed by atoms with Crippen molar-refractivity contribution in [3.05, 3.63) is 0 Å². The summed E-state index contributed by atoms with van der Waals surface area (Å²) in [5.74, 6) is -1.20. The molecule has 0 aromatic rings. The molecule has 8 heteroatoms. The Hall–Kier alpha value is -1.67. The van der Waals surface area contributed by atoms with Gasteiger partial charge in [-0.25, -0.2) is 0 Å². The van der Waals surface area contributed by atoms with Gasteiger partial charge in [0.1, 0.15) is 6.04 Å². The van der Waals surface area contributed by atoms with E-state index in [0.717, 1.165) is 0 Å². The Kier molecular flexibility index (Phi) is 4.33. The fourth-order valence-corrected chi connectivity index (χ4v) is 2.20. The first-order chi connectivity index (χ1) is 9.06. The zero-order valence-electron chi connectivity index (χ0n) is 10.4. The van der Waals surface area contributed by atoms with Crippen LogP contribution in [0.1, 0.15) is 6.42 Å². The standard InChI is InChI=1S/C11H17N3O5/c15-9-5-12-8(4-13-9)11(18)14-1-2-19-7(6-14)3-10(16)17/h7-8,12H,1-6H2,(H,13,15)(H,16,17). The third-order valence-corrected chi connectivity index (χ3v) is 3.16. The molecular formula is C11H17N3O5. The van der Waals surface area contributed by atoms with Crippen LogP contribution in [0, 0.1) is 0 Å². The number of nitrogens with one attached hydrogen (secondary N) is 2. The molecule has 0 radical (unpaired) electrons. The van der Waals surface area contributed by atoms with Crippen LogP contribution in [-0.4, -0.2) is 72.7 Å². The Morgan fingerprint density at radius 2 is 2.26 bits per heavy atom. The fourth-order valence-electron chi connectivity index (χ4n) is 2.20. The summed E-state index contributed by atoms with van der Waals surface area (Å²) < 4.78 is 5.31. The van der Waals surface area contributed by atoms with Crippen LogP contribution in [0.5, 0.6) is 0 Å². The number of carboxylic acid groups (broad SMARTS) is 1. The maximum atomic E-state index is 12.2. The van der Waals surface area contributed by atoms with E-state index in [9.17, 15) is 14.4 Å². The summed E-state index contributed by atoms with van der Waals surface area (Å²) in [4.78, 5) is 35.4. The summed E-state index contributed by atoms with van der Waals surface area (Å²) in [5, 5.41) is 14.2. The van der Waals surface area contributed by atoms with Gasteiger partial charge in [0, 0.05) is 19.6 Å². The number of hydrogen-bond acceptors (Lipinski definition) is 5. The number of carbonyl (C=O) groups excluding carboxylic acids is 2. The number of nitrogens with zero attached hydrogens (tertiary/aromatic N) is 1. The van der Waals surface area contributed by atoms with Gasteiger partial charge in [0.15, 0.2) is 0 Å². The largest absolute Gasteiger partial charge is 0.481 e. The van der Waals surface area contributed by atoms with Crippen molar-refractivity contribution in [3.63, 3.8) is 0 Å². The molecule has 19 heavy (non-hydrogen) atoms. The number of hydrogen-bond donors (Lipinski definition) is 3. The first-order valence-electron chi connectivity index (χ1n) is 6.18. The molecule has 0 spiro atoms. The van der Waals surface area contributed by atoms with E-state index in [1.54, 1.807) is 4.90 Å². The molecule has 0 bridgehead atoms. The van der Waals surface area contributed by atoms with Gasteiger partial charge in [-0.2, -0.15) is 0 Å². The van der Waals surface area contributed by atoms with E-state index in [1.807, 2.05) is 0 Å². The second-order valence-corrected chi connectivity index (χ2v) is 4.61. The van der Waals surface area contributed by atoms with Crippen molar-refractivity contribution in [3.8, 4) is 0 Å². The summed E-state index contributed by atoms with van der Waals surface area (Å²) in [6.07, 6.45) is -0.577. The molecule has 0 saturated carbocycles. The Morgan fingerprint density at radius 3 is 2.89 bits per heavy atom. The predicted octanol–water partition coefficient (Wildman–Crippen LogP) is -2.22. The van der Waals surface area contributed by atoms with Gasteiger partial charge in [0.05, 0.1) is 25.7 Å². The van der Waals surface area contributed by atoms with Crippen LogP contribution >= 0.6 is 0 Å². The van der Waals surface area contributed by atoms with Gasteiger partial charge in [-0.3, -0.25) is 19.7 Å². The second-order valence-electron chi connectivity index (χ2n) is 4.61. The first-order valence-corrected chi connectivity index (χ1v) is 6.18. The lowest BCUT2D eigenvalue weighted by molar-refractivity contribution is -0.149. The number of aliphatic carboxylic acids is 1. The van der Waals surface area contributed by atoms with Crippen LogP contribution in [0.25, 0.3) is 0 Å². The number of amides is 2. The summed E-state index contributed by atoms with van der Waals surface area (Å²) in [6.45, 7) is 1.44. The highest BCUT2D eigenvalue weighted by Gasteiger charge is 2.31. The molecule has 2 heterocycles. The molecule has 0 aromatic heterocycles. The molecule has 2 rings (SSSR count). The molecule has 0 aromatic carbocycles. The van der Waals surface area contributed by atoms with Crippen LogP contribution in [0.4, 0.5) is 0 Å². The van der Waals surface area contributed by atoms with Crippen LogP contribution < -0.4 is 10.6 Å². The van der Waals surface area contributed by atoms with E-state index in [-0.39, 0.29) is 37.9 Å². The Balaban J connectivity index is 1.88. The quantitative estimate of drug-likeness (QED) is 0.536. The Bertz CT molecular complexity index is 377. The molecule has 2 aliphatic rings. The second kappa shape index (κ2) is 5.98. The molecule has 2 saturated heterocycles.